The fraction of sp³-hybridized carbons (Fsp3) is 0.231. The molecule has 0 spiro atoms. The Morgan fingerprint density at radius 3 is 2.62 bits per heavy atom. The summed E-state index contributed by atoms with van der Waals surface area (Å²) in [5.41, 5.74) is -0.463. The number of nitrogens with zero attached hydrogens (tertiary/aromatic N) is 2. The standard InChI is InChI=1S/C13H10ClF3N2O2/c1-7-10(14)11(12(20)21-2)18-19(7)9-5-3-4-8(6-9)13(15,16)17/h3-6H,1-2H3. The number of rotatable bonds is 2. The fourth-order valence-electron chi connectivity index (χ4n) is 1.78. The smallest absolute Gasteiger partial charge is 0.416 e. The van der Waals surface area contributed by atoms with Crippen molar-refractivity contribution in [2.24, 2.45) is 0 Å². The second kappa shape index (κ2) is 5.40. The summed E-state index contributed by atoms with van der Waals surface area (Å²) in [4.78, 5) is 11.5. The molecule has 0 aliphatic rings. The maximum atomic E-state index is 12.7. The summed E-state index contributed by atoms with van der Waals surface area (Å²) in [6.07, 6.45) is -4.47. The quantitative estimate of drug-likeness (QED) is 0.794. The van der Waals surface area contributed by atoms with Crippen LogP contribution in [0.5, 0.6) is 0 Å². The number of ether oxygens (including phenoxy) is 1. The van der Waals surface area contributed by atoms with Gasteiger partial charge in [0.2, 0.25) is 0 Å². The third-order valence-electron chi connectivity index (χ3n) is 2.84. The summed E-state index contributed by atoms with van der Waals surface area (Å²) in [6.45, 7) is 1.54. The highest BCUT2D eigenvalue weighted by Gasteiger charge is 2.31. The highest BCUT2D eigenvalue weighted by molar-refractivity contribution is 6.34. The van der Waals surface area contributed by atoms with Gasteiger partial charge in [-0.15, -0.1) is 0 Å². The zero-order valence-corrected chi connectivity index (χ0v) is 11.8. The van der Waals surface area contributed by atoms with Gasteiger partial charge in [-0.05, 0) is 25.1 Å². The Balaban J connectivity index is 2.55. The van der Waals surface area contributed by atoms with Crippen LogP contribution in [0.2, 0.25) is 5.02 Å². The van der Waals surface area contributed by atoms with Crippen LogP contribution in [-0.4, -0.2) is 22.9 Å². The first kappa shape index (κ1) is 15.4. The van der Waals surface area contributed by atoms with Crippen LogP contribution in [0.3, 0.4) is 0 Å². The maximum Gasteiger partial charge on any atom is 0.416 e. The van der Waals surface area contributed by atoms with Crippen molar-refractivity contribution in [3.63, 3.8) is 0 Å². The van der Waals surface area contributed by atoms with E-state index in [2.05, 4.69) is 9.84 Å². The Labute approximate surface area is 123 Å². The van der Waals surface area contributed by atoms with E-state index in [1.54, 1.807) is 6.92 Å². The molecule has 0 bridgehead atoms. The molecule has 0 atom stereocenters. The van der Waals surface area contributed by atoms with Gasteiger partial charge >= 0.3 is 12.1 Å². The molecule has 0 N–H and O–H groups in total. The highest BCUT2D eigenvalue weighted by Crippen LogP contribution is 2.31. The molecular weight excluding hydrogens is 309 g/mol. The average Bonchev–Trinajstić information content (AvgIpc) is 2.74. The number of carbonyl (C=O) groups is 1. The number of hydrogen-bond acceptors (Lipinski definition) is 3. The van der Waals surface area contributed by atoms with E-state index in [4.69, 9.17) is 11.6 Å². The number of aromatic nitrogens is 2. The third kappa shape index (κ3) is 2.87. The molecule has 4 nitrogen and oxygen atoms in total. The molecule has 0 fully saturated rings. The first-order valence-corrected chi connectivity index (χ1v) is 6.14. The van der Waals surface area contributed by atoms with Gasteiger partial charge in [0, 0.05) is 0 Å². The molecule has 0 unspecified atom stereocenters. The Morgan fingerprint density at radius 2 is 2.05 bits per heavy atom. The van der Waals surface area contributed by atoms with Crippen LogP contribution in [0.25, 0.3) is 5.69 Å². The summed E-state index contributed by atoms with van der Waals surface area (Å²) in [5, 5.41) is 3.96. The van der Waals surface area contributed by atoms with Gasteiger partial charge in [-0.2, -0.15) is 18.3 Å². The molecule has 21 heavy (non-hydrogen) atoms. The SMILES string of the molecule is COC(=O)c1nn(-c2cccc(C(F)(F)F)c2)c(C)c1Cl. The van der Waals surface area contributed by atoms with Crippen molar-refractivity contribution in [2.75, 3.05) is 7.11 Å². The van der Waals surface area contributed by atoms with E-state index in [9.17, 15) is 18.0 Å². The zero-order chi connectivity index (χ0) is 15.8. The lowest BCUT2D eigenvalue weighted by molar-refractivity contribution is -0.137. The Morgan fingerprint density at radius 1 is 1.38 bits per heavy atom. The number of alkyl halides is 3. The van der Waals surface area contributed by atoms with Crippen LogP contribution in [-0.2, 0) is 10.9 Å². The monoisotopic (exact) mass is 318 g/mol. The van der Waals surface area contributed by atoms with Crippen LogP contribution >= 0.6 is 11.6 Å². The van der Waals surface area contributed by atoms with E-state index in [1.165, 1.54) is 16.8 Å². The molecule has 112 valence electrons. The van der Waals surface area contributed by atoms with Crippen LogP contribution in [0.15, 0.2) is 24.3 Å². The van der Waals surface area contributed by atoms with Crippen molar-refractivity contribution in [2.45, 2.75) is 13.1 Å². The van der Waals surface area contributed by atoms with Crippen molar-refractivity contribution in [1.29, 1.82) is 0 Å². The summed E-state index contributed by atoms with van der Waals surface area (Å²) in [6, 6.07) is 4.57. The third-order valence-corrected chi connectivity index (χ3v) is 3.29. The zero-order valence-electron chi connectivity index (χ0n) is 11.0. The van der Waals surface area contributed by atoms with Crippen molar-refractivity contribution >= 4 is 17.6 Å². The van der Waals surface area contributed by atoms with Crippen LogP contribution in [0.1, 0.15) is 21.7 Å². The minimum atomic E-state index is -4.47. The predicted octanol–water partition coefficient (Wildman–Crippen LogP) is 3.64. The van der Waals surface area contributed by atoms with E-state index < -0.39 is 17.7 Å². The summed E-state index contributed by atoms with van der Waals surface area (Å²) in [5.74, 6) is -0.756. The van der Waals surface area contributed by atoms with Crippen molar-refractivity contribution in [3.8, 4) is 5.69 Å². The molecule has 1 heterocycles. The van der Waals surface area contributed by atoms with E-state index in [-0.39, 0.29) is 16.4 Å². The van der Waals surface area contributed by atoms with Crippen LogP contribution < -0.4 is 0 Å². The summed E-state index contributed by atoms with van der Waals surface area (Å²) < 4.78 is 43.9. The van der Waals surface area contributed by atoms with Gasteiger partial charge in [0.05, 0.1) is 29.1 Å². The molecule has 0 saturated carbocycles. The number of halogens is 4. The second-order valence-electron chi connectivity index (χ2n) is 4.20. The molecule has 1 aromatic heterocycles. The second-order valence-corrected chi connectivity index (χ2v) is 4.58. The Kier molecular flexibility index (Phi) is 3.95. The van der Waals surface area contributed by atoms with E-state index in [0.29, 0.717) is 5.69 Å². The number of benzene rings is 1. The van der Waals surface area contributed by atoms with Gasteiger partial charge in [0.25, 0.3) is 0 Å². The number of hydrogen-bond donors (Lipinski definition) is 0. The van der Waals surface area contributed by atoms with Crippen molar-refractivity contribution < 1.29 is 22.7 Å². The molecule has 0 radical (unpaired) electrons. The average molecular weight is 319 g/mol. The number of carbonyl (C=O) groups excluding carboxylic acids is 1. The lowest BCUT2D eigenvalue weighted by atomic mass is 10.2. The number of esters is 1. The molecule has 1 aromatic carbocycles. The van der Waals surface area contributed by atoms with Gasteiger partial charge < -0.3 is 4.74 Å². The van der Waals surface area contributed by atoms with Crippen LogP contribution in [0, 0.1) is 6.92 Å². The first-order chi connectivity index (χ1) is 9.75. The molecule has 0 aliphatic heterocycles. The molecule has 0 amide bonds. The maximum absolute atomic E-state index is 12.7. The Bertz CT molecular complexity index is 695. The predicted molar refractivity (Wildman–Crippen MR) is 69.7 cm³/mol. The minimum Gasteiger partial charge on any atom is -0.464 e. The molecular formula is C13H10ClF3N2O2. The molecule has 0 aliphatic carbocycles. The fourth-order valence-corrected chi connectivity index (χ4v) is 1.97. The van der Waals surface area contributed by atoms with Gasteiger partial charge in [-0.3, -0.25) is 0 Å². The topological polar surface area (TPSA) is 44.1 Å². The number of methoxy groups -OCH3 is 1. The minimum absolute atomic E-state index is 0.0410. The highest BCUT2D eigenvalue weighted by atomic mass is 35.5. The Hall–Kier alpha value is -2.02. The van der Waals surface area contributed by atoms with Gasteiger partial charge in [-0.1, -0.05) is 17.7 Å². The summed E-state index contributed by atoms with van der Waals surface area (Å²) >= 11 is 5.96. The van der Waals surface area contributed by atoms with E-state index in [0.717, 1.165) is 19.2 Å². The van der Waals surface area contributed by atoms with Gasteiger partial charge in [-0.25, -0.2) is 9.48 Å². The lowest BCUT2D eigenvalue weighted by Crippen LogP contribution is -2.08. The summed E-state index contributed by atoms with van der Waals surface area (Å²) in [7, 11) is 1.16. The normalized spacial score (nSPS) is 11.5. The van der Waals surface area contributed by atoms with Gasteiger partial charge in [0.1, 0.15) is 0 Å². The molecule has 0 saturated heterocycles. The molecule has 8 heteroatoms. The van der Waals surface area contributed by atoms with Crippen molar-refractivity contribution in [1.82, 2.24) is 9.78 Å². The molecule has 2 aromatic rings. The van der Waals surface area contributed by atoms with E-state index >= 15 is 0 Å². The van der Waals surface area contributed by atoms with Crippen LogP contribution in [0.4, 0.5) is 13.2 Å². The van der Waals surface area contributed by atoms with E-state index in [1.807, 2.05) is 0 Å². The molecule has 2 rings (SSSR count). The van der Waals surface area contributed by atoms with Crippen molar-refractivity contribution in [3.05, 3.63) is 46.2 Å². The largest absolute Gasteiger partial charge is 0.464 e. The first-order valence-electron chi connectivity index (χ1n) is 5.76. The van der Waals surface area contributed by atoms with Gasteiger partial charge in [0.15, 0.2) is 5.69 Å². The lowest BCUT2D eigenvalue weighted by Gasteiger charge is -2.09.